The Kier molecular flexibility index (Phi) is 3.03. The lowest BCUT2D eigenvalue weighted by molar-refractivity contribution is 0.978. The molecule has 2 aromatic heterocycles. The zero-order chi connectivity index (χ0) is 10.8. The van der Waals surface area contributed by atoms with Gasteiger partial charge < -0.3 is 5.73 Å². The molecule has 5 nitrogen and oxygen atoms in total. The largest absolute Gasteiger partial charge is 0.395 e. The fourth-order valence-corrected chi connectivity index (χ4v) is 2.75. The van der Waals surface area contributed by atoms with Crippen LogP contribution in [0.2, 0.25) is 5.28 Å². The molecule has 15 heavy (non-hydrogen) atoms. The second-order valence-electron chi connectivity index (χ2n) is 2.59. The first kappa shape index (κ1) is 10.6. The normalized spacial score (nSPS) is 10.5. The Bertz CT molecular complexity index is 486. The van der Waals surface area contributed by atoms with Crippen molar-refractivity contribution in [2.45, 2.75) is 16.3 Å². The fourth-order valence-electron chi connectivity index (χ4n) is 0.839. The Morgan fingerprint density at radius 3 is 2.93 bits per heavy atom. The Hall–Kier alpha value is -0.920. The first-order valence-corrected chi connectivity index (χ1v) is 5.92. The van der Waals surface area contributed by atoms with E-state index < -0.39 is 0 Å². The van der Waals surface area contributed by atoms with Crippen LogP contribution in [0.5, 0.6) is 0 Å². The van der Waals surface area contributed by atoms with Crippen LogP contribution in [-0.2, 0) is 0 Å². The first-order chi connectivity index (χ1) is 7.15. The molecule has 0 aliphatic carbocycles. The van der Waals surface area contributed by atoms with Gasteiger partial charge in [0.05, 0.1) is 11.9 Å². The number of hydrogen-bond acceptors (Lipinski definition) is 7. The molecule has 78 valence electrons. The number of aryl methyl sites for hydroxylation is 1. The summed E-state index contributed by atoms with van der Waals surface area (Å²) in [4.78, 5) is 7.78. The highest BCUT2D eigenvalue weighted by atomic mass is 35.5. The molecule has 2 heterocycles. The minimum absolute atomic E-state index is 0.174. The van der Waals surface area contributed by atoms with E-state index in [4.69, 9.17) is 17.3 Å². The maximum atomic E-state index is 5.70. The van der Waals surface area contributed by atoms with Crippen molar-refractivity contribution in [1.82, 2.24) is 20.2 Å². The molecule has 0 bridgehead atoms. The highest BCUT2D eigenvalue weighted by molar-refractivity contribution is 8.01. The van der Waals surface area contributed by atoms with Gasteiger partial charge in [0.1, 0.15) is 10.0 Å². The van der Waals surface area contributed by atoms with E-state index in [0.717, 1.165) is 9.35 Å². The topological polar surface area (TPSA) is 77.6 Å². The summed E-state index contributed by atoms with van der Waals surface area (Å²) in [5, 5.41) is 9.53. The SMILES string of the molecule is Cc1nnc(Sc2nc(Cl)ncc2N)s1. The van der Waals surface area contributed by atoms with Crippen LogP contribution in [0.15, 0.2) is 15.6 Å². The molecule has 8 heteroatoms. The van der Waals surface area contributed by atoms with Crippen molar-refractivity contribution in [3.63, 3.8) is 0 Å². The molecule has 0 aliphatic heterocycles. The summed E-state index contributed by atoms with van der Waals surface area (Å²) in [7, 11) is 0. The van der Waals surface area contributed by atoms with Crippen molar-refractivity contribution < 1.29 is 0 Å². The van der Waals surface area contributed by atoms with Crippen molar-refractivity contribution in [1.29, 1.82) is 0 Å². The lowest BCUT2D eigenvalue weighted by Gasteiger charge is -2.00. The summed E-state index contributed by atoms with van der Waals surface area (Å²) in [5.41, 5.74) is 6.18. The van der Waals surface area contributed by atoms with Gasteiger partial charge in [-0.3, -0.25) is 0 Å². The van der Waals surface area contributed by atoms with E-state index >= 15 is 0 Å². The number of anilines is 1. The van der Waals surface area contributed by atoms with E-state index in [2.05, 4.69) is 20.2 Å². The summed E-state index contributed by atoms with van der Waals surface area (Å²) in [6.07, 6.45) is 1.48. The molecule has 0 fully saturated rings. The molecule has 2 rings (SSSR count). The lowest BCUT2D eigenvalue weighted by Crippen LogP contribution is -1.94. The van der Waals surface area contributed by atoms with Gasteiger partial charge in [-0.15, -0.1) is 10.2 Å². The van der Waals surface area contributed by atoms with Crippen LogP contribution in [-0.4, -0.2) is 20.2 Å². The van der Waals surface area contributed by atoms with Gasteiger partial charge in [-0.25, -0.2) is 9.97 Å². The predicted molar refractivity (Wildman–Crippen MR) is 60.2 cm³/mol. The van der Waals surface area contributed by atoms with Crippen molar-refractivity contribution in [3.8, 4) is 0 Å². The third-order valence-electron chi connectivity index (χ3n) is 1.44. The zero-order valence-electron chi connectivity index (χ0n) is 7.64. The fraction of sp³-hybridized carbons (Fsp3) is 0.143. The molecule has 0 saturated heterocycles. The summed E-state index contributed by atoms with van der Waals surface area (Å²) < 4.78 is 0.786. The number of aromatic nitrogens is 4. The highest BCUT2D eigenvalue weighted by Crippen LogP contribution is 2.32. The van der Waals surface area contributed by atoms with Gasteiger partial charge in [-0.1, -0.05) is 11.3 Å². The predicted octanol–water partition coefficient (Wildman–Crippen LogP) is 2.02. The molecule has 0 atom stereocenters. The number of nitrogen functional groups attached to an aromatic ring is 1. The quantitative estimate of drug-likeness (QED) is 0.657. The molecule has 0 radical (unpaired) electrons. The van der Waals surface area contributed by atoms with Gasteiger partial charge in [0.15, 0.2) is 4.34 Å². The van der Waals surface area contributed by atoms with Crippen LogP contribution in [0.3, 0.4) is 0 Å². The average Bonchev–Trinajstić information content (AvgIpc) is 2.58. The Labute approximate surface area is 99.1 Å². The maximum Gasteiger partial charge on any atom is 0.223 e. The van der Waals surface area contributed by atoms with Crippen LogP contribution in [0.4, 0.5) is 5.69 Å². The molecule has 0 saturated carbocycles. The van der Waals surface area contributed by atoms with Crippen LogP contribution in [0.1, 0.15) is 5.01 Å². The number of nitrogens with zero attached hydrogens (tertiary/aromatic N) is 4. The standard InChI is InChI=1S/C7H6ClN5S2/c1-3-12-13-7(14-3)15-5-4(9)2-10-6(8)11-5/h2H,9H2,1H3. The molecular weight excluding hydrogens is 254 g/mol. The molecule has 0 aliphatic rings. The van der Waals surface area contributed by atoms with Gasteiger partial charge in [0, 0.05) is 0 Å². The molecular formula is C7H6ClN5S2. The Balaban J connectivity index is 2.27. The number of nitrogens with two attached hydrogens (primary N) is 1. The van der Waals surface area contributed by atoms with Gasteiger partial charge in [0.25, 0.3) is 0 Å². The van der Waals surface area contributed by atoms with Gasteiger partial charge in [-0.2, -0.15) is 0 Å². The average molecular weight is 260 g/mol. The highest BCUT2D eigenvalue weighted by Gasteiger charge is 2.08. The monoisotopic (exact) mass is 259 g/mol. The van der Waals surface area contributed by atoms with Gasteiger partial charge >= 0.3 is 0 Å². The molecule has 0 aromatic carbocycles. The Morgan fingerprint density at radius 2 is 2.27 bits per heavy atom. The summed E-state index contributed by atoms with van der Waals surface area (Å²) in [5.74, 6) is 0. The van der Waals surface area contributed by atoms with Crippen LogP contribution >= 0.6 is 34.7 Å². The molecule has 0 amide bonds. The number of hydrogen-bond donors (Lipinski definition) is 1. The summed E-state index contributed by atoms with van der Waals surface area (Å²) >= 11 is 8.48. The van der Waals surface area contributed by atoms with Crippen LogP contribution < -0.4 is 5.73 Å². The van der Waals surface area contributed by atoms with E-state index in [1.54, 1.807) is 0 Å². The van der Waals surface area contributed by atoms with Crippen molar-refractivity contribution >= 4 is 40.4 Å². The minimum atomic E-state index is 0.174. The number of rotatable bonds is 2. The maximum absolute atomic E-state index is 5.70. The molecule has 2 aromatic rings. The van der Waals surface area contributed by atoms with Crippen molar-refractivity contribution in [3.05, 3.63) is 16.5 Å². The van der Waals surface area contributed by atoms with E-state index in [-0.39, 0.29) is 5.28 Å². The van der Waals surface area contributed by atoms with Crippen molar-refractivity contribution in [2.24, 2.45) is 0 Å². The van der Waals surface area contributed by atoms with E-state index in [1.165, 1.54) is 29.3 Å². The van der Waals surface area contributed by atoms with Crippen LogP contribution in [0, 0.1) is 6.92 Å². The second-order valence-corrected chi connectivity index (χ2v) is 5.34. The van der Waals surface area contributed by atoms with E-state index in [1.807, 2.05) is 6.92 Å². The molecule has 0 spiro atoms. The number of halogens is 1. The smallest absolute Gasteiger partial charge is 0.223 e. The summed E-state index contributed by atoms with van der Waals surface area (Å²) in [6, 6.07) is 0. The Morgan fingerprint density at radius 1 is 1.47 bits per heavy atom. The third-order valence-corrected chi connectivity index (χ3v) is 3.53. The van der Waals surface area contributed by atoms with Gasteiger partial charge in [-0.05, 0) is 30.3 Å². The second kappa shape index (κ2) is 4.30. The van der Waals surface area contributed by atoms with Crippen LogP contribution in [0.25, 0.3) is 0 Å². The zero-order valence-corrected chi connectivity index (χ0v) is 10.0. The van der Waals surface area contributed by atoms with Crippen molar-refractivity contribution in [2.75, 3.05) is 5.73 Å². The third kappa shape index (κ3) is 2.55. The minimum Gasteiger partial charge on any atom is -0.395 e. The lowest BCUT2D eigenvalue weighted by atomic mass is 10.6. The van der Waals surface area contributed by atoms with Gasteiger partial charge in [0.2, 0.25) is 5.28 Å². The summed E-state index contributed by atoms with van der Waals surface area (Å²) in [6.45, 7) is 1.89. The molecule has 2 N–H and O–H groups in total. The first-order valence-electron chi connectivity index (χ1n) is 3.91. The van der Waals surface area contributed by atoms with E-state index in [9.17, 15) is 0 Å². The molecule has 0 unspecified atom stereocenters. The van der Waals surface area contributed by atoms with E-state index in [0.29, 0.717) is 10.7 Å².